The highest BCUT2D eigenvalue weighted by atomic mass is 79.9. The molecule has 2 nitrogen and oxygen atoms in total. The van der Waals surface area contributed by atoms with Gasteiger partial charge in [0.25, 0.3) is 0 Å². The van der Waals surface area contributed by atoms with Crippen molar-refractivity contribution in [1.29, 1.82) is 5.41 Å². The molecule has 0 aromatic rings. The van der Waals surface area contributed by atoms with E-state index in [2.05, 4.69) is 15.9 Å². The number of halogens is 1. The summed E-state index contributed by atoms with van der Waals surface area (Å²) in [5, 5.41) is 7.61. The van der Waals surface area contributed by atoms with Gasteiger partial charge in [0.05, 0.1) is 5.33 Å². The summed E-state index contributed by atoms with van der Waals surface area (Å²) < 4.78 is 5.12. The maximum atomic E-state index is 7.12. The molecule has 0 aliphatic carbocycles. The maximum absolute atomic E-state index is 7.12. The first kappa shape index (κ1) is 8.95. The van der Waals surface area contributed by atoms with E-state index in [9.17, 15) is 0 Å². The highest BCUT2D eigenvalue weighted by molar-refractivity contribution is 9.09. The summed E-state index contributed by atoms with van der Waals surface area (Å²) in [6.07, 6.45) is 0. The van der Waals surface area contributed by atoms with Crippen LogP contribution in [0.15, 0.2) is 0 Å². The van der Waals surface area contributed by atoms with Crippen molar-refractivity contribution in [2.45, 2.75) is 26.4 Å². The average molecular weight is 194 g/mol. The van der Waals surface area contributed by atoms with Gasteiger partial charge in [0.15, 0.2) is 5.90 Å². The molecule has 0 amide bonds. The van der Waals surface area contributed by atoms with Crippen LogP contribution in [0.4, 0.5) is 0 Å². The molecule has 0 rings (SSSR count). The van der Waals surface area contributed by atoms with Crippen LogP contribution in [0.2, 0.25) is 0 Å². The Morgan fingerprint density at radius 3 is 2.11 bits per heavy atom. The molecule has 0 saturated carbocycles. The molecule has 0 bridgehead atoms. The number of hydrogen-bond donors (Lipinski definition) is 1. The number of alkyl halides is 1. The average Bonchev–Trinajstić information content (AvgIpc) is 1.62. The van der Waals surface area contributed by atoms with Gasteiger partial charge >= 0.3 is 0 Å². The van der Waals surface area contributed by atoms with Crippen LogP contribution in [0.5, 0.6) is 0 Å². The highest BCUT2D eigenvalue weighted by Gasteiger charge is 2.11. The van der Waals surface area contributed by atoms with Crippen molar-refractivity contribution in [3.8, 4) is 0 Å². The third-order valence-corrected chi connectivity index (χ3v) is 1.06. The third-order valence-electron chi connectivity index (χ3n) is 0.551. The first-order valence-corrected chi connectivity index (χ1v) is 3.90. The van der Waals surface area contributed by atoms with E-state index >= 15 is 0 Å². The fraction of sp³-hybridized carbons (Fsp3) is 0.833. The molecule has 0 atom stereocenters. The first-order valence-electron chi connectivity index (χ1n) is 2.78. The molecule has 0 aromatic carbocycles. The van der Waals surface area contributed by atoms with E-state index in [1.165, 1.54) is 0 Å². The summed E-state index contributed by atoms with van der Waals surface area (Å²) in [6, 6.07) is 0. The smallest absolute Gasteiger partial charge is 0.191 e. The number of hydrogen-bond acceptors (Lipinski definition) is 2. The molecule has 0 unspecified atom stereocenters. The van der Waals surface area contributed by atoms with Crippen LogP contribution < -0.4 is 0 Å². The van der Waals surface area contributed by atoms with Crippen LogP contribution in [-0.2, 0) is 4.74 Å². The zero-order valence-corrected chi connectivity index (χ0v) is 7.58. The lowest BCUT2D eigenvalue weighted by molar-refractivity contribution is 0.114. The Labute approximate surface area is 64.2 Å². The number of nitrogens with one attached hydrogen (secondary N) is 1. The second-order valence-corrected chi connectivity index (χ2v) is 3.33. The molecule has 0 aromatic heterocycles. The van der Waals surface area contributed by atoms with Crippen LogP contribution in [-0.4, -0.2) is 16.8 Å². The van der Waals surface area contributed by atoms with Crippen molar-refractivity contribution >= 4 is 21.8 Å². The van der Waals surface area contributed by atoms with Crippen molar-refractivity contribution < 1.29 is 4.74 Å². The largest absolute Gasteiger partial charge is 0.475 e. The standard InChI is InChI=1S/C6H12BrNO/c1-6(2,3)9-5(8)4-7/h8H,4H2,1-3H3. The summed E-state index contributed by atoms with van der Waals surface area (Å²) in [6.45, 7) is 5.76. The molecular formula is C6H12BrNO. The summed E-state index contributed by atoms with van der Waals surface area (Å²) >= 11 is 3.12. The van der Waals surface area contributed by atoms with Crippen LogP contribution in [0, 0.1) is 5.41 Å². The van der Waals surface area contributed by atoms with E-state index < -0.39 is 0 Å². The lowest BCUT2D eigenvalue weighted by Crippen LogP contribution is -2.23. The lowest BCUT2D eigenvalue weighted by Gasteiger charge is -2.20. The zero-order valence-electron chi connectivity index (χ0n) is 5.99. The van der Waals surface area contributed by atoms with Gasteiger partial charge in [0.2, 0.25) is 0 Å². The molecule has 0 saturated heterocycles. The summed E-state index contributed by atoms with van der Waals surface area (Å²) in [5.74, 6) is 0.280. The van der Waals surface area contributed by atoms with Gasteiger partial charge in [-0.3, -0.25) is 5.41 Å². The zero-order chi connectivity index (χ0) is 7.49. The minimum atomic E-state index is -0.231. The Bertz CT molecular complexity index is 106. The normalized spacial score (nSPS) is 11.1. The Kier molecular flexibility index (Phi) is 3.18. The van der Waals surface area contributed by atoms with Crippen molar-refractivity contribution in [3.63, 3.8) is 0 Å². The molecule has 3 heteroatoms. The molecule has 0 aliphatic rings. The fourth-order valence-corrected chi connectivity index (χ4v) is 0.511. The second-order valence-electron chi connectivity index (χ2n) is 2.77. The third kappa shape index (κ3) is 5.83. The Hall–Kier alpha value is -0.0500. The molecule has 54 valence electrons. The van der Waals surface area contributed by atoms with Gasteiger partial charge in [-0.25, -0.2) is 0 Å². The highest BCUT2D eigenvalue weighted by Crippen LogP contribution is 2.07. The fourth-order valence-electron chi connectivity index (χ4n) is 0.397. The van der Waals surface area contributed by atoms with E-state index in [-0.39, 0.29) is 11.5 Å². The van der Waals surface area contributed by atoms with Gasteiger partial charge in [-0.2, -0.15) is 0 Å². The molecule has 0 spiro atoms. The molecule has 0 fully saturated rings. The Balaban J connectivity index is 3.60. The Morgan fingerprint density at radius 1 is 1.56 bits per heavy atom. The molecule has 1 N–H and O–H groups in total. The molecule has 0 heterocycles. The summed E-state index contributed by atoms with van der Waals surface area (Å²) in [4.78, 5) is 0. The minimum Gasteiger partial charge on any atom is -0.475 e. The van der Waals surface area contributed by atoms with Gasteiger partial charge in [-0.05, 0) is 20.8 Å². The quantitative estimate of drug-likeness (QED) is 0.387. The first-order chi connectivity index (χ1) is 3.95. The SMILES string of the molecule is CC(C)(C)OC(=N)CBr. The van der Waals surface area contributed by atoms with Gasteiger partial charge in [-0.15, -0.1) is 0 Å². The van der Waals surface area contributed by atoms with Crippen LogP contribution in [0.3, 0.4) is 0 Å². The van der Waals surface area contributed by atoms with E-state index in [1.807, 2.05) is 20.8 Å². The summed E-state index contributed by atoms with van der Waals surface area (Å²) in [5.41, 5.74) is -0.231. The van der Waals surface area contributed by atoms with E-state index in [1.54, 1.807) is 0 Å². The van der Waals surface area contributed by atoms with Crippen molar-refractivity contribution in [3.05, 3.63) is 0 Å². The van der Waals surface area contributed by atoms with Crippen LogP contribution >= 0.6 is 15.9 Å². The van der Waals surface area contributed by atoms with E-state index in [0.29, 0.717) is 5.33 Å². The topological polar surface area (TPSA) is 33.1 Å². The van der Waals surface area contributed by atoms with Gasteiger partial charge in [-0.1, -0.05) is 15.9 Å². The van der Waals surface area contributed by atoms with Crippen LogP contribution in [0.1, 0.15) is 20.8 Å². The van der Waals surface area contributed by atoms with Gasteiger partial charge in [0.1, 0.15) is 5.60 Å². The molecule has 9 heavy (non-hydrogen) atoms. The van der Waals surface area contributed by atoms with Crippen LogP contribution in [0.25, 0.3) is 0 Å². The van der Waals surface area contributed by atoms with E-state index in [0.717, 1.165) is 0 Å². The van der Waals surface area contributed by atoms with E-state index in [4.69, 9.17) is 10.1 Å². The predicted molar refractivity (Wildman–Crippen MR) is 42.4 cm³/mol. The molecule has 0 radical (unpaired) electrons. The second kappa shape index (κ2) is 3.20. The van der Waals surface area contributed by atoms with Gasteiger partial charge in [0, 0.05) is 0 Å². The van der Waals surface area contributed by atoms with Gasteiger partial charge < -0.3 is 4.74 Å². The lowest BCUT2D eigenvalue weighted by atomic mass is 10.2. The monoisotopic (exact) mass is 193 g/mol. The molecule has 0 aliphatic heterocycles. The maximum Gasteiger partial charge on any atom is 0.191 e. The predicted octanol–water partition coefficient (Wildman–Crippen LogP) is 2.17. The van der Waals surface area contributed by atoms with Crippen molar-refractivity contribution in [2.75, 3.05) is 5.33 Å². The number of rotatable bonds is 1. The van der Waals surface area contributed by atoms with Crippen molar-refractivity contribution in [2.24, 2.45) is 0 Å². The van der Waals surface area contributed by atoms with Crippen molar-refractivity contribution in [1.82, 2.24) is 0 Å². The number of ether oxygens (including phenoxy) is 1. The minimum absolute atomic E-state index is 0.231. The summed E-state index contributed by atoms with van der Waals surface area (Å²) in [7, 11) is 0. The molecular weight excluding hydrogens is 182 g/mol. The Morgan fingerprint density at radius 2 is 2.00 bits per heavy atom.